The standard InChI is InChI=1S/C19H20FN3O3/c1-26-17-7-3-2-5-15(17)22-18(24)16-6-4-12-23(16)19(25)21-14-10-8-13(20)9-11-14/h2-3,5,7-11,16H,4,6,12H2,1H3,(H,21,25)(H,22,24)/t16-/m0/s1. The first-order valence-corrected chi connectivity index (χ1v) is 8.35. The number of benzene rings is 2. The summed E-state index contributed by atoms with van der Waals surface area (Å²) in [6.07, 6.45) is 1.32. The van der Waals surface area contributed by atoms with Crippen LogP contribution in [0.5, 0.6) is 5.75 Å². The maximum absolute atomic E-state index is 13.0. The third-order valence-corrected chi connectivity index (χ3v) is 4.28. The second-order valence-corrected chi connectivity index (χ2v) is 5.98. The van der Waals surface area contributed by atoms with Gasteiger partial charge in [-0.1, -0.05) is 12.1 Å². The van der Waals surface area contributed by atoms with E-state index < -0.39 is 6.04 Å². The van der Waals surface area contributed by atoms with E-state index in [1.807, 2.05) is 6.07 Å². The van der Waals surface area contributed by atoms with Gasteiger partial charge in [0.2, 0.25) is 5.91 Å². The Hall–Kier alpha value is -3.09. The minimum absolute atomic E-state index is 0.263. The molecule has 2 aromatic rings. The lowest BCUT2D eigenvalue weighted by Crippen LogP contribution is -2.45. The topological polar surface area (TPSA) is 70.7 Å². The summed E-state index contributed by atoms with van der Waals surface area (Å²) in [5, 5.41) is 5.52. The van der Waals surface area contributed by atoms with E-state index >= 15 is 0 Å². The van der Waals surface area contributed by atoms with Crippen molar-refractivity contribution in [3.8, 4) is 5.75 Å². The maximum Gasteiger partial charge on any atom is 0.322 e. The Morgan fingerprint density at radius 3 is 2.58 bits per heavy atom. The SMILES string of the molecule is COc1ccccc1NC(=O)[C@@H]1CCCN1C(=O)Nc1ccc(F)cc1. The highest BCUT2D eigenvalue weighted by Gasteiger charge is 2.34. The first-order valence-electron chi connectivity index (χ1n) is 8.35. The maximum atomic E-state index is 13.0. The van der Waals surface area contributed by atoms with Crippen LogP contribution in [0.1, 0.15) is 12.8 Å². The molecule has 2 N–H and O–H groups in total. The summed E-state index contributed by atoms with van der Waals surface area (Å²) in [6, 6.07) is 11.7. The molecule has 7 heteroatoms. The highest BCUT2D eigenvalue weighted by molar-refractivity contribution is 6.00. The van der Waals surface area contributed by atoms with Crippen LogP contribution in [-0.2, 0) is 4.79 Å². The molecule has 3 amide bonds. The molecule has 1 aliphatic heterocycles. The number of anilines is 2. The van der Waals surface area contributed by atoms with Gasteiger partial charge >= 0.3 is 6.03 Å². The molecule has 0 radical (unpaired) electrons. The third-order valence-electron chi connectivity index (χ3n) is 4.28. The van der Waals surface area contributed by atoms with Crippen molar-refractivity contribution in [1.29, 1.82) is 0 Å². The molecule has 1 saturated heterocycles. The normalized spacial score (nSPS) is 16.2. The number of nitrogens with zero attached hydrogens (tertiary/aromatic N) is 1. The van der Waals surface area contributed by atoms with E-state index in [2.05, 4.69) is 10.6 Å². The Balaban J connectivity index is 1.67. The van der Waals surface area contributed by atoms with Gasteiger partial charge in [0.05, 0.1) is 12.8 Å². The Bertz CT molecular complexity index is 795. The van der Waals surface area contributed by atoms with Gasteiger partial charge in [-0.15, -0.1) is 0 Å². The van der Waals surface area contributed by atoms with Crippen LogP contribution in [0.15, 0.2) is 48.5 Å². The molecule has 0 spiro atoms. The van der Waals surface area contributed by atoms with E-state index in [0.717, 1.165) is 6.42 Å². The predicted octanol–water partition coefficient (Wildman–Crippen LogP) is 3.47. The number of urea groups is 1. The van der Waals surface area contributed by atoms with Crippen LogP contribution in [0.4, 0.5) is 20.6 Å². The van der Waals surface area contributed by atoms with E-state index in [1.165, 1.54) is 36.3 Å². The quantitative estimate of drug-likeness (QED) is 0.880. The minimum Gasteiger partial charge on any atom is -0.495 e. The van der Waals surface area contributed by atoms with Gasteiger partial charge in [-0.05, 0) is 49.2 Å². The average Bonchev–Trinajstić information content (AvgIpc) is 3.14. The number of ether oxygens (including phenoxy) is 1. The number of methoxy groups -OCH3 is 1. The largest absolute Gasteiger partial charge is 0.495 e. The number of likely N-dealkylation sites (tertiary alicyclic amines) is 1. The van der Waals surface area contributed by atoms with Crippen LogP contribution >= 0.6 is 0 Å². The summed E-state index contributed by atoms with van der Waals surface area (Å²) in [6.45, 7) is 0.483. The fourth-order valence-electron chi connectivity index (χ4n) is 2.97. The number of hydrogen-bond donors (Lipinski definition) is 2. The highest BCUT2D eigenvalue weighted by Crippen LogP contribution is 2.26. The third kappa shape index (κ3) is 3.93. The van der Waals surface area contributed by atoms with E-state index in [4.69, 9.17) is 4.74 Å². The molecule has 0 bridgehead atoms. The molecular formula is C19H20FN3O3. The van der Waals surface area contributed by atoms with Gasteiger partial charge in [0.25, 0.3) is 0 Å². The van der Waals surface area contributed by atoms with E-state index in [-0.39, 0.29) is 17.8 Å². The van der Waals surface area contributed by atoms with Gasteiger partial charge in [-0.25, -0.2) is 9.18 Å². The van der Waals surface area contributed by atoms with E-state index in [9.17, 15) is 14.0 Å². The van der Waals surface area contributed by atoms with Crippen LogP contribution < -0.4 is 15.4 Å². The summed E-state index contributed by atoms with van der Waals surface area (Å²) >= 11 is 0. The fraction of sp³-hybridized carbons (Fsp3) is 0.263. The average molecular weight is 357 g/mol. The van der Waals surface area contributed by atoms with Crippen LogP contribution in [0.2, 0.25) is 0 Å². The second kappa shape index (κ2) is 7.86. The van der Waals surface area contributed by atoms with Gasteiger partial charge < -0.3 is 20.3 Å². The van der Waals surface area contributed by atoms with Crippen molar-refractivity contribution in [2.75, 3.05) is 24.3 Å². The molecule has 136 valence electrons. The Labute approximate surface area is 150 Å². The van der Waals surface area contributed by atoms with Crippen LogP contribution in [0.25, 0.3) is 0 Å². The molecule has 6 nitrogen and oxygen atoms in total. The van der Waals surface area contributed by atoms with Crippen molar-refractivity contribution < 1.29 is 18.7 Å². The number of carbonyl (C=O) groups excluding carboxylic acids is 2. The number of carbonyl (C=O) groups is 2. The Morgan fingerprint density at radius 2 is 1.85 bits per heavy atom. The summed E-state index contributed by atoms with van der Waals surface area (Å²) in [7, 11) is 1.53. The lowest BCUT2D eigenvalue weighted by Gasteiger charge is -2.24. The summed E-state index contributed by atoms with van der Waals surface area (Å²) in [5.74, 6) is -0.0827. The van der Waals surface area contributed by atoms with Crippen LogP contribution in [0, 0.1) is 5.82 Å². The Kier molecular flexibility index (Phi) is 5.36. The molecule has 1 fully saturated rings. The minimum atomic E-state index is -0.569. The van der Waals surface area contributed by atoms with Crippen molar-refractivity contribution in [3.05, 3.63) is 54.3 Å². The monoisotopic (exact) mass is 357 g/mol. The van der Waals surface area contributed by atoms with Crippen molar-refractivity contribution >= 4 is 23.3 Å². The number of amides is 3. The zero-order valence-corrected chi connectivity index (χ0v) is 14.4. The summed E-state index contributed by atoms with van der Waals surface area (Å²) in [5.41, 5.74) is 1.04. The lowest BCUT2D eigenvalue weighted by atomic mass is 10.2. The molecule has 26 heavy (non-hydrogen) atoms. The zero-order valence-electron chi connectivity index (χ0n) is 14.4. The van der Waals surface area contributed by atoms with E-state index in [0.29, 0.717) is 30.1 Å². The first-order chi connectivity index (χ1) is 12.6. The highest BCUT2D eigenvalue weighted by atomic mass is 19.1. The summed E-state index contributed by atoms with van der Waals surface area (Å²) < 4.78 is 18.2. The van der Waals surface area contributed by atoms with E-state index in [1.54, 1.807) is 18.2 Å². The number of rotatable bonds is 4. The van der Waals surface area contributed by atoms with Crippen molar-refractivity contribution in [1.82, 2.24) is 4.90 Å². The molecule has 3 rings (SSSR count). The van der Waals surface area contributed by atoms with Crippen molar-refractivity contribution in [2.24, 2.45) is 0 Å². The smallest absolute Gasteiger partial charge is 0.322 e. The van der Waals surface area contributed by atoms with Gasteiger partial charge in [-0.2, -0.15) is 0 Å². The van der Waals surface area contributed by atoms with Crippen LogP contribution in [-0.4, -0.2) is 36.5 Å². The van der Waals surface area contributed by atoms with Gasteiger partial charge in [-0.3, -0.25) is 4.79 Å². The molecule has 1 aliphatic rings. The predicted molar refractivity (Wildman–Crippen MR) is 96.8 cm³/mol. The Morgan fingerprint density at radius 1 is 1.12 bits per heavy atom. The fourth-order valence-corrected chi connectivity index (χ4v) is 2.97. The number of hydrogen-bond acceptors (Lipinski definition) is 3. The molecule has 1 atom stereocenters. The van der Waals surface area contributed by atoms with Crippen molar-refractivity contribution in [3.63, 3.8) is 0 Å². The number of nitrogens with one attached hydrogen (secondary N) is 2. The lowest BCUT2D eigenvalue weighted by molar-refractivity contribution is -0.119. The molecule has 0 saturated carbocycles. The van der Waals surface area contributed by atoms with Gasteiger partial charge in [0.1, 0.15) is 17.6 Å². The van der Waals surface area contributed by atoms with Crippen LogP contribution in [0.3, 0.4) is 0 Å². The van der Waals surface area contributed by atoms with Crippen molar-refractivity contribution in [2.45, 2.75) is 18.9 Å². The van der Waals surface area contributed by atoms with Gasteiger partial charge in [0.15, 0.2) is 0 Å². The number of para-hydroxylation sites is 2. The molecular weight excluding hydrogens is 337 g/mol. The van der Waals surface area contributed by atoms with Gasteiger partial charge in [0, 0.05) is 12.2 Å². The second-order valence-electron chi connectivity index (χ2n) is 5.98. The number of halogens is 1. The summed E-state index contributed by atoms with van der Waals surface area (Å²) in [4.78, 5) is 26.7. The molecule has 1 heterocycles. The molecule has 2 aromatic carbocycles. The molecule has 0 aliphatic carbocycles. The molecule has 0 aromatic heterocycles. The molecule has 0 unspecified atom stereocenters. The first kappa shape index (κ1) is 17.7. The zero-order chi connectivity index (χ0) is 18.5.